The molecule has 686 valence electrons. The maximum atomic E-state index is 14.9. The Morgan fingerprint density at radius 3 is 1.07 bits per heavy atom. The van der Waals surface area contributed by atoms with Gasteiger partial charge in [-0.25, -0.2) is 4.79 Å². The number of likely N-dealkylation sites (tertiary alicyclic amines) is 1. The molecule has 0 aromatic carbocycles. The molecule has 1 saturated heterocycles. The first-order valence-corrected chi connectivity index (χ1v) is 40.8. The van der Waals surface area contributed by atoms with Gasteiger partial charge in [-0.15, -0.1) is 0 Å². The van der Waals surface area contributed by atoms with E-state index in [2.05, 4.69) is 92.4 Å². The zero-order valence-corrected chi connectivity index (χ0v) is 71.7. The van der Waals surface area contributed by atoms with Crippen molar-refractivity contribution < 1.29 is 132 Å². The second kappa shape index (κ2) is 54.0. The van der Waals surface area contributed by atoms with Gasteiger partial charge in [-0.3, -0.25) is 91.1 Å². The van der Waals surface area contributed by atoms with E-state index < -0.39 is 290 Å². The van der Waals surface area contributed by atoms with Gasteiger partial charge in [0.15, 0.2) is 0 Å². The third-order valence-electron chi connectivity index (χ3n) is 19.4. The summed E-state index contributed by atoms with van der Waals surface area (Å²) in [5.41, 5.74) is 11.0. The number of aliphatic hydroxyl groups excluding tert-OH is 3. The van der Waals surface area contributed by atoms with Crippen molar-refractivity contribution in [3.05, 3.63) is 0 Å². The number of aliphatic hydroxyl groups is 3. The third-order valence-corrected chi connectivity index (χ3v) is 19.8. The number of nitrogens with zero attached hydrogens (tertiary/aromatic N) is 1. The first-order chi connectivity index (χ1) is 56.4. The molecule has 20 atom stereocenters. The average Bonchev–Trinajstić information content (AvgIpc) is 1.73. The van der Waals surface area contributed by atoms with Gasteiger partial charge in [0.1, 0.15) is 96.7 Å². The lowest BCUT2D eigenvalue weighted by Gasteiger charge is -2.34. The van der Waals surface area contributed by atoms with Crippen LogP contribution in [0.1, 0.15) is 187 Å². The molecule has 0 spiro atoms. The molecular weight excluding hydrogens is 1620 g/mol. The Labute approximate surface area is 706 Å². The van der Waals surface area contributed by atoms with E-state index in [0.717, 1.165) is 27.7 Å². The topological polar surface area (TPSA) is 719 Å². The van der Waals surface area contributed by atoms with Crippen molar-refractivity contribution in [3.63, 3.8) is 0 Å². The molecule has 1 fully saturated rings. The maximum Gasteiger partial charge on any atom is 0.327 e. The summed E-state index contributed by atoms with van der Waals surface area (Å²) in [5.74, 6) is -24.5. The Morgan fingerprint density at radius 2 is 0.702 bits per heavy atom. The molecule has 121 heavy (non-hydrogen) atoms. The van der Waals surface area contributed by atoms with Crippen LogP contribution in [0.15, 0.2) is 0 Å². The highest BCUT2D eigenvalue weighted by atomic mass is 32.1. The summed E-state index contributed by atoms with van der Waals surface area (Å²) in [6, 6.07) is -25.1. The summed E-state index contributed by atoms with van der Waals surface area (Å²) in [6.45, 7) is 19.7. The number of nitrogens with two attached hydrogens (primary N) is 2. The molecule has 0 bridgehead atoms. The first-order valence-electron chi connectivity index (χ1n) is 40.2. The van der Waals surface area contributed by atoms with Crippen LogP contribution in [-0.2, 0) is 95.9 Å². The van der Waals surface area contributed by atoms with Crippen LogP contribution in [0.25, 0.3) is 0 Å². The van der Waals surface area contributed by atoms with Crippen molar-refractivity contribution in [2.45, 2.75) is 302 Å². The Bertz CT molecular complexity index is 3590. The number of rotatable bonds is 56. The van der Waals surface area contributed by atoms with Gasteiger partial charge in [0.05, 0.1) is 24.9 Å². The monoisotopic (exact) mass is 1740 g/mol. The van der Waals surface area contributed by atoms with Crippen molar-refractivity contribution >= 4 is 131 Å². The smallest absolute Gasteiger partial charge is 0.327 e. The Balaban J connectivity index is 3.48. The van der Waals surface area contributed by atoms with Crippen molar-refractivity contribution in [1.82, 2.24) is 84.7 Å². The van der Waals surface area contributed by atoms with E-state index in [4.69, 9.17) is 11.5 Å². The van der Waals surface area contributed by atoms with Crippen LogP contribution in [0.5, 0.6) is 0 Å². The highest BCUT2D eigenvalue weighted by Gasteiger charge is 2.44. The summed E-state index contributed by atoms with van der Waals surface area (Å²) in [4.78, 5) is 269. The van der Waals surface area contributed by atoms with Gasteiger partial charge in [0.2, 0.25) is 94.5 Å². The van der Waals surface area contributed by atoms with Crippen LogP contribution >= 0.6 is 12.6 Å². The number of carbonyl (C=O) groups excluding carboxylic acids is 16. The summed E-state index contributed by atoms with van der Waals surface area (Å²) < 4.78 is 0. The Kier molecular flexibility index (Phi) is 48.5. The Morgan fingerprint density at radius 1 is 0.380 bits per heavy atom. The first kappa shape index (κ1) is 109. The number of carboxylic acid groups (broad SMARTS) is 4. The van der Waals surface area contributed by atoms with E-state index >= 15 is 0 Å². The molecule has 46 heteroatoms. The van der Waals surface area contributed by atoms with Gasteiger partial charge < -0.3 is 132 Å². The van der Waals surface area contributed by atoms with Gasteiger partial charge in [-0.05, 0) is 136 Å². The zero-order valence-electron chi connectivity index (χ0n) is 70.9. The lowest BCUT2D eigenvalue weighted by Crippen LogP contribution is -2.63. The Hall–Kier alpha value is -10.4. The molecule has 0 aromatic heterocycles. The maximum absolute atomic E-state index is 14.9. The van der Waals surface area contributed by atoms with E-state index in [1.54, 1.807) is 41.5 Å². The molecule has 16 amide bonds. The largest absolute Gasteiger partial charge is 0.481 e. The van der Waals surface area contributed by atoms with Crippen molar-refractivity contribution in [1.29, 1.82) is 0 Å². The minimum absolute atomic E-state index is 0.00381. The van der Waals surface area contributed by atoms with Crippen LogP contribution in [0.4, 0.5) is 0 Å². The highest BCUT2D eigenvalue weighted by molar-refractivity contribution is 7.80. The summed E-state index contributed by atoms with van der Waals surface area (Å²) in [5, 5.41) is 106. The van der Waals surface area contributed by atoms with Crippen molar-refractivity contribution in [2.75, 3.05) is 25.4 Å². The average molecular weight is 1750 g/mol. The number of hydrogen-bond donors (Lipinski definition) is 25. The second-order valence-electron chi connectivity index (χ2n) is 31.2. The summed E-state index contributed by atoms with van der Waals surface area (Å²) in [6.07, 6.45) is -7.78. The van der Waals surface area contributed by atoms with Gasteiger partial charge >= 0.3 is 23.9 Å². The molecule has 0 saturated carbocycles. The van der Waals surface area contributed by atoms with Crippen molar-refractivity contribution in [3.8, 4) is 0 Å². The van der Waals surface area contributed by atoms with E-state index in [1.807, 2.05) is 0 Å². The molecule has 0 unspecified atom stereocenters. The molecule has 1 rings (SSSR count). The number of carbonyl (C=O) groups is 20. The normalized spacial score (nSPS) is 17.3. The van der Waals surface area contributed by atoms with E-state index in [-0.39, 0.29) is 69.2 Å². The molecule has 0 aromatic rings. The van der Waals surface area contributed by atoms with Gasteiger partial charge in [-0.1, -0.05) is 61.8 Å². The van der Waals surface area contributed by atoms with E-state index in [0.29, 0.717) is 12.8 Å². The molecule has 0 aliphatic carbocycles. The number of nitrogens with one attached hydrogen (secondary N) is 15. The third kappa shape index (κ3) is 38.4. The lowest BCUT2D eigenvalue weighted by molar-refractivity contribution is -0.144. The van der Waals surface area contributed by atoms with Gasteiger partial charge in [0.25, 0.3) is 0 Å². The molecule has 0 radical (unpaired) electrons. The van der Waals surface area contributed by atoms with Gasteiger partial charge in [-0.2, -0.15) is 12.6 Å². The lowest BCUT2D eigenvalue weighted by atomic mass is 9.95. The van der Waals surface area contributed by atoms with Crippen LogP contribution in [0.2, 0.25) is 0 Å². The predicted octanol–water partition coefficient (Wildman–Crippen LogP) is -7.06. The summed E-state index contributed by atoms with van der Waals surface area (Å²) in [7, 11) is 0. The molecule has 1 aliphatic heterocycles. The fourth-order valence-electron chi connectivity index (χ4n) is 12.2. The predicted molar refractivity (Wildman–Crippen MR) is 433 cm³/mol. The zero-order chi connectivity index (χ0) is 92.7. The molecular formula is C75H128N18O27S. The highest BCUT2D eigenvalue weighted by Crippen LogP contribution is 2.24. The van der Waals surface area contributed by atoms with Crippen LogP contribution in [0.3, 0.4) is 0 Å². The second-order valence-corrected chi connectivity index (χ2v) is 31.6. The van der Waals surface area contributed by atoms with Crippen LogP contribution < -0.4 is 91.2 Å². The molecule has 26 N–H and O–H groups in total. The van der Waals surface area contributed by atoms with E-state index in [1.165, 1.54) is 32.6 Å². The minimum atomic E-state index is -1.91. The van der Waals surface area contributed by atoms with Crippen LogP contribution in [-0.4, -0.2) is 299 Å². The van der Waals surface area contributed by atoms with Gasteiger partial charge in [0, 0.05) is 31.6 Å². The number of thiol groups is 1. The van der Waals surface area contributed by atoms with Crippen LogP contribution in [0, 0.1) is 23.7 Å². The number of hydrogen-bond acceptors (Lipinski definition) is 26. The quantitative estimate of drug-likeness (QED) is 0.0199. The van der Waals surface area contributed by atoms with E-state index in [9.17, 15) is 132 Å². The fourth-order valence-corrected chi connectivity index (χ4v) is 12.4. The number of carboxylic acids is 4. The molecule has 1 heterocycles. The number of unbranched alkanes of at least 4 members (excludes halogenated alkanes) is 1. The number of aliphatic carboxylic acids is 4. The molecule has 45 nitrogen and oxygen atoms in total. The molecule has 1 aliphatic rings. The fraction of sp³-hybridized carbons (Fsp3) is 0.733. The number of amides is 16. The minimum Gasteiger partial charge on any atom is -0.481 e. The SMILES string of the molecule is CC[C@H](C)[C@H](NC(=O)[C@@H](NC(=O)[C@H](CCC(=O)O)NC(=O)[C@@H](NC(=O)[C@H](CC(C)C)NC(=O)[C@H](C)NC(=O)[C@H](CCCCN)NC(=O)[C@@H](NC(=O)CN)[C@@H](C)O)[C@@H](C)O)C(C)C)C(=O)N1CCC[C@H]1C(=O)N[C@@H](CC(C)C)C(=O)N[C@H](C(=O)N[C@@H](C)C(=O)N[C@@H](CCC(=O)O)C(=O)N[C@@H](C)C(=O)N[C@@H](CCC(=O)O)C(=O)N[C@@H](CS)C(=O)O)[C@@H](C)O. The summed E-state index contributed by atoms with van der Waals surface area (Å²) >= 11 is 3.86. The standard InChI is InChI=1S/C75H128N18O27S/c1-15-36(8)56(90-70(114)55(35(6)7)89-66(110)46(23-26-54(102)103)84-73(117)59(42(14)96)92-67(111)47(29-33(2)3)85-62(106)38(10)78-63(107)43(19-16-17-27-76)83-72(116)57(40(12)94)88-51(97)31-77)74(118)93-28-18-20-50(93)69(113)86-48(30-34(4)5)68(112)91-58(41(13)95)71(115)80-39(11)61(105)81-44(21-24-52(98)99)64(108)79-37(9)60(104)82-45(22-25-53(100)101)65(109)87-49(32-121)75(119)120/h33-50,55-59,94-96,121H,15-32,76-77H2,1-14H3,(H,78,107)(H,79,108)(H,80,115)(H,81,105)(H,82,104)(H,83,116)(H,84,117)(H,85,106)(H,86,113)(H,87,109)(H,88,97)(H,89,110)(H,90,114)(H,91,112)(H,92,111)(H,98,99)(H,100,101)(H,102,103)(H,119,120)/t36-,37-,38-,39-,40+,41+,42+,43-,44-,45-,46-,47-,48-,49-,50-,55-,56-,57-,58-,59-/m0/s1. The van der Waals surface area contributed by atoms with Crippen molar-refractivity contribution in [2.24, 2.45) is 35.1 Å².